The predicted octanol–water partition coefficient (Wildman–Crippen LogP) is 3.32. The van der Waals surface area contributed by atoms with E-state index in [1.165, 1.54) is 0 Å². The molecule has 0 aromatic rings. The molecule has 0 aromatic heterocycles. The predicted molar refractivity (Wildman–Crippen MR) is 70.3 cm³/mol. The van der Waals surface area contributed by atoms with Crippen molar-refractivity contribution in [3.8, 4) is 0 Å². The minimum atomic E-state index is 0.743. The summed E-state index contributed by atoms with van der Waals surface area (Å²) in [7, 11) is 1.90. The van der Waals surface area contributed by atoms with Gasteiger partial charge in [0.15, 0.2) is 0 Å². The van der Waals surface area contributed by atoms with Crippen molar-refractivity contribution in [2.24, 2.45) is 0 Å². The van der Waals surface area contributed by atoms with Gasteiger partial charge in [0.25, 0.3) is 0 Å². The molecule has 0 rings (SSSR count). The summed E-state index contributed by atoms with van der Waals surface area (Å²) >= 11 is 2.34. The molecule has 0 N–H and O–H groups in total. The standard InChI is InChI=1S/C11H18INO/c1-5-11(14-9-7-8-12)10(3)13(4)6-2/h5-6H,2-3,7-9H2,1,4H3/b11-5+. The number of likely N-dealkylation sites (N-methyl/N-ethyl adjacent to an activating group) is 1. The van der Waals surface area contributed by atoms with Crippen LogP contribution in [0.5, 0.6) is 0 Å². The maximum Gasteiger partial charge on any atom is 0.138 e. The number of alkyl halides is 1. The summed E-state index contributed by atoms with van der Waals surface area (Å²) in [5, 5.41) is 0. The van der Waals surface area contributed by atoms with Crippen LogP contribution in [-0.4, -0.2) is 23.0 Å². The first kappa shape index (κ1) is 13.5. The Morgan fingerprint density at radius 3 is 2.64 bits per heavy atom. The minimum absolute atomic E-state index is 0.743. The van der Waals surface area contributed by atoms with Gasteiger partial charge in [-0.3, -0.25) is 0 Å². The van der Waals surface area contributed by atoms with Gasteiger partial charge in [-0.2, -0.15) is 0 Å². The van der Waals surface area contributed by atoms with Crippen molar-refractivity contribution in [3.05, 3.63) is 36.9 Å². The van der Waals surface area contributed by atoms with Gasteiger partial charge in [0.05, 0.1) is 12.3 Å². The Labute approximate surface area is 100 Å². The molecule has 0 radical (unpaired) electrons. The molecule has 0 bridgehead atoms. The monoisotopic (exact) mass is 307 g/mol. The van der Waals surface area contributed by atoms with Gasteiger partial charge in [-0.05, 0) is 25.6 Å². The first-order valence-corrected chi connectivity index (χ1v) is 6.09. The van der Waals surface area contributed by atoms with Gasteiger partial charge in [0.2, 0.25) is 0 Å². The van der Waals surface area contributed by atoms with Crippen LogP contribution in [0.4, 0.5) is 0 Å². The highest BCUT2D eigenvalue weighted by Gasteiger charge is 2.05. The van der Waals surface area contributed by atoms with Crippen molar-refractivity contribution in [1.29, 1.82) is 0 Å². The molecule has 0 atom stereocenters. The van der Waals surface area contributed by atoms with Gasteiger partial charge >= 0.3 is 0 Å². The van der Waals surface area contributed by atoms with E-state index >= 15 is 0 Å². The summed E-state index contributed by atoms with van der Waals surface area (Å²) < 4.78 is 6.69. The number of nitrogens with zero attached hydrogens (tertiary/aromatic N) is 1. The summed E-state index contributed by atoms with van der Waals surface area (Å²) in [6, 6.07) is 0. The minimum Gasteiger partial charge on any atom is -0.492 e. The second-order valence-corrected chi connectivity index (χ2v) is 3.86. The van der Waals surface area contributed by atoms with Crippen LogP contribution in [0.2, 0.25) is 0 Å². The van der Waals surface area contributed by atoms with Gasteiger partial charge < -0.3 is 9.64 Å². The summed E-state index contributed by atoms with van der Waals surface area (Å²) in [6.07, 6.45) is 4.70. The quantitative estimate of drug-likeness (QED) is 0.235. The molecule has 2 nitrogen and oxygen atoms in total. The molecule has 0 unspecified atom stereocenters. The average Bonchev–Trinajstić information content (AvgIpc) is 2.22. The lowest BCUT2D eigenvalue weighted by atomic mass is 10.3. The molecule has 0 amide bonds. The molecule has 3 heteroatoms. The fraction of sp³-hybridized carbons (Fsp3) is 0.455. The smallest absolute Gasteiger partial charge is 0.138 e. The van der Waals surface area contributed by atoms with Crippen molar-refractivity contribution in [2.45, 2.75) is 13.3 Å². The lowest BCUT2D eigenvalue weighted by Gasteiger charge is -2.19. The normalized spacial score (nSPS) is 10.9. The molecule has 0 aliphatic carbocycles. The van der Waals surface area contributed by atoms with Crippen LogP contribution in [0, 0.1) is 0 Å². The Hall–Kier alpha value is -0.450. The first-order chi connectivity index (χ1) is 6.67. The Morgan fingerprint density at radius 1 is 1.57 bits per heavy atom. The van der Waals surface area contributed by atoms with Crippen LogP contribution < -0.4 is 0 Å². The van der Waals surface area contributed by atoms with Gasteiger partial charge in [0.1, 0.15) is 5.76 Å². The largest absolute Gasteiger partial charge is 0.492 e. The third-order valence-electron chi connectivity index (χ3n) is 1.78. The van der Waals surface area contributed by atoms with Crippen LogP contribution in [0.25, 0.3) is 0 Å². The van der Waals surface area contributed by atoms with E-state index < -0.39 is 0 Å². The van der Waals surface area contributed by atoms with E-state index in [0.29, 0.717) is 0 Å². The summed E-state index contributed by atoms with van der Waals surface area (Å²) in [6.45, 7) is 10.3. The lowest BCUT2D eigenvalue weighted by Crippen LogP contribution is -2.12. The molecule has 0 saturated carbocycles. The molecule has 0 saturated heterocycles. The Morgan fingerprint density at radius 2 is 2.21 bits per heavy atom. The third-order valence-corrected chi connectivity index (χ3v) is 2.54. The van der Waals surface area contributed by atoms with Gasteiger partial charge in [0, 0.05) is 11.5 Å². The van der Waals surface area contributed by atoms with E-state index in [1.807, 2.05) is 24.9 Å². The Bertz CT molecular complexity index is 223. The van der Waals surface area contributed by atoms with Crippen molar-refractivity contribution in [3.63, 3.8) is 0 Å². The maximum atomic E-state index is 5.58. The topological polar surface area (TPSA) is 12.5 Å². The molecular formula is C11H18INO. The molecular weight excluding hydrogens is 289 g/mol. The van der Waals surface area contributed by atoms with Crippen molar-refractivity contribution in [2.75, 3.05) is 18.1 Å². The van der Waals surface area contributed by atoms with Gasteiger partial charge in [-0.1, -0.05) is 35.7 Å². The second kappa shape index (κ2) is 7.91. The first-order valence-electron chi connectivity index (χ1n) is 4.57. The van der Waals surface area contributed by atoms with Crippen LogP contribution in [-0.2, 0) is 4.74 Å². The SMILES string of the molecule is C=CN(C)C(=C)/C(=C\C)OCCCI. The Balaban J connectivity index is 4.14. The van der Waals surface area contributed by atoms with Crippen molar-refractivity contribution in [1.82, 2.24) is 4.90 Å². The van der Waals surface area contributed by atoms with Crippen molar-refractivity contribution >= 4 is 22.6 Å². The molecule has 0 spiro atoms. The molecule has 0 aromatic carbocycles. The molecule has 0 fully saturated rings. The number of ether oxygens (including phenoxy) is 1. The maximum absolute atomic E-state index is 5.58. The Kier molecular flexibility index (Phi) is 7.65. The van der Waals surface area contributed by atoms with Crippen LogP contribution in [0.15, 0.2) is 36.9 Å². The van der Waals surface area contributed by atoms with Crippen LogP contribution in [0.1, 0.15) is 13.3 Å². The van der Waals surface area contributed by atoms with E-state index in [2.05, 4.69) is 35.7 Å². The highest BCUT2D eigenvalue weighted by atomic mass is 127. The second-order valence-electron chi connectivity index (χ2n) is 2.78. The number of allylic oxidation sites excluding steroid dienone is 1. The van der Waals surface area contributed by atoms with Crippen molar-refractivity contribution < 1.29 is 4.74 Å². The third kappa shape index (κ3) is 4.69. The molecule has 0 aliphatic rings. The number of rotatable bonds is 7. The zero-order valence-electron chi connectivity index (χ0n) is 8.92. The zero-order chi connectivity index (χ0) is 11.0. The van der Waals surface area contributed by atoms with E-state index in [9.17, 15) is 0 Å². The number of hydrogen-bond donors (Lipinski definition) is 0. The summed E-state index contributed by atoms with van der Waals surface area (Å²) in [5.74, 6) is 0.831. The summed E-state index contributed by atoms with van der Waals surface area (Å²) in [4.78, 5) is 1.85. The number of hydrogen-bond acceptors (Lipinski definition) is 2. The average molecular weight is 307 g/mol. The zero-order valence-corrected chi connectivity index (χ0v) is 11.1. The fourth-order valence-electron chi connectivity index (χ4n) is 0.854. The van der Waals surface area contributed by atoms with Crippen LogP contribution >= 0.6 is 22.6 Å². The van der Waals surface area contributed by atoms with Gasteiger partial charge in [-0.25, -0.2) is 0 Å². The van der Waals surface area contributed by atoms with Crippen LogP contribution in [0.3, 0.4) is 0 Å². The lowest BCUT2D eigenvalue weighted by molar-refractivity contribution is 0.211. The molecule has 14 heavy (non-hydrogen) atoms. The number of halogens is 1. The highest BCUT2D eigenvalue weighted by Crippen LogP contribution is 2.13. The highest BCUT2D eigenvalue weighted by molar-refractivity contribution is 14.1. The molecule has 0 aliphatic heterocycles. The summed E-state index contributed by atoms with van der Waals surface area (Å²) in [5.41, 5.74) is 0.843. The fourth-order valence-corrected chi connectivity index (χ4v) is 1.17. The van der Waals surface area contributed by atoms with Gasteiger partial charge in [-0.15, -0.1) is 0 Å². The molecule has 80 valence electrons. The van der Waals surface area contributed by atoms with E-state index in [4.69, 9.17) is 4.74 Å². The van der Waals surface area contributed by atoms with E-state index in [0.717, 1.165) is 28.9 Å². The van der Waals surface area contributed by atoms with E-state index in [-0.39, 0.29) is 0 Å². The van der Waals surface area contributed by atoms with E-state index in [1.54, 1.807) is 6.20 Å². The molecule has 0 heterocycles.